The lowest BCUT2D eigenvalue weighted by Crippen LogP contribution is -2.50. The molecule has 1 aromatic carbocycles. The minimum atomic E-state index is -0.729. The Morgan fingerprint density at radius 2 is 1.88 bits per heavy atom. The number of hydrogen-bond donors (Lipinski definition) is 2. The lowest BCUT2D eigenvalue weighted by atomic mass is 9.83. The molecule has 24 heavy (non-hydrogen) atoms. The monoisotopic (exact) mass is 349 g/mol. The van der Waals surface area contributed by atoms with Gasteiger partial charge in [0.1, 0.15) is 18.8 Å². The Morgan fingerprint density at radius 3 is 2.54 bits per heavy atom. The maximum absolute atomic E-state index is 12.2. The Labute approximate surface area is 146 Å². The van der Waals surface area contributed by atoms with Crippen molar-refractivity contribution in [1.29, 1.82) is 5.26 Å². The number of rotatable bonds is 4. The van der Waals surface area contributed by atoms with Crippen LogP contribution < -0.4 is 20.1 Å². The summed E-state index contributed by atoms with van der Waals surface area (Å²) in [5.74, 6) is 0.991. The predicted octanol–water partition coefficient (Wildman–Crippen LogP) is 2.87. The minimum Gasteiger partial charge on any atom is -0.486 e. The van der Waals surface area contributed by atoms with Crippen molar-refractivity contribution in [2.45, 2.75) is 37.6 Å². The van der Waals surface area contributed by atoms with Crippen LogP contribution in [0, 0.1) is 11.3 Å². The molecular formula is C17H20ClN3O3. The topological polar surface area (TPSA) is 83.4 Å². The van der Waals surface area contributed by atoms with E-state index in [1.165, 1.54) is 0 Å². The van der Waals surface area contributed by atoms with Crippen molar-refractivity contribution in [2.24, 2.45) is 0 Å². The van der Waals surface area contributed by atoms with Crippen LogP contribution >= 0.6 is 11.6 Å². The van der Waals surface area contributed by atoms with Crippen molar-refractivity contribution in [3.63, 3.8) is 0 Å². The second kappa shape index (κ2) is 7.18. The molecule has 0 bridgehead atoms. The molecule has 7 heteroatoms. The van der Waals surface area contributed by atoms with Gasteiger partial charge in [-0.05, 0) is 12.8 Å². The van der Waals surface area contributed by atoms with Gasteiger partial charge in [0.25, 0.3) is 0 Å². The molecule has 1 aliphatic carbocycles. The third-order valence-electron chi connectivity index (χ3n) is 4.37. The van der Waals surface area contributed by atoms with Crippen LogP contribution in [0.3, 0.4) is 0 Å². The van der Waals surface area contributed by atoms with Gasteiger partial charge in [0.05, 0.1) is 23.3 Å². The van der Waals surface area contributed by atoms with E-state index in [9.17, 15) is 10.1 Å². The van der Waals surface area contributed by atoms with E-state index in [2.05, 4.69) is 16.7 Å². The number of ether oxygens (including phenoxy) is 2. The van der Waals surface area contributed by atoms with Crippen molar-refractivity contribution >= 4 is 23.2 Å². The fourth-order valence-corrected chi connectivity index (χ4v) is 3.33. The number of carbonyl (C=O) groups is 1. The van der Waals surface area contributed by atoms with E-state index in [-0.39, 0.29) is 12.5 Å². The third kappa shape index (κ3) is 3.68. The molecule has 0 aromatic heterocycles. The number of hydrogen-bond acceptors (Lipinski definition) is 5. The molecule has 1 heterocycles. The molecule has 6 nitrogen and oxygen atoms in total. The Morgan fingerprint density at radius 1 is 1.21 bits per heavy atom. The van der Waals surface area contributed by atoms with Gasteiger partial charge in [-0.1, -0.05) is 30.9 Å². The summed E-state index contributed by atoms with van der Waals surface area (Å²) < 4.78 is 11.0. The van der Waals surface area contributed by atoms with Gasteiger partial charge in [-0.3, -0.25) is 4.79 Å². The number of anilines is 1. The first kappa shape index (κ1) is 16.7. The highest BCUT2D eigenvalue weighted by Crippen LogP contribution is 2.37. The van der Waals surface area contributed by atoms with Crippen molar-refractivity contribution in [3.8, 4) is 17.6 Å². The normalized spacial score (nSPS) is 18.3. The van der Waals surface area contributed by atoms with Crippen LogP contribution in [0.5, 0.6) is 11.5 Å². The number of nitrogens with zero attached hydrogens (tertiary/aromatic N) is 1. The summed E-state index contributed by atoms with van der Waals surface area (Å²) in [4.78, 5) is 12.2. The van der Waals surface area contributed by atoms with E-state index in [4.69, 9.17) is 21.1 Å². The van der Waals surface area contributed by atoms with Gasteiger partial charge < -0.3 is 20.1 Å². The number of halogens is 1. The molecule has 1 fully saturated rings. The molecule has 1 aliphatic heterocycles. The molecule has 2 N–H and O–H groups in total. The minimum absolute atomic E-state index is 0.0444. The molecule has 1 aromatic rings. The highest BCUT2D eigenvalue weighted by Gasteiger charge is 2.33. The summed E-state index contributed by atoms with van der Waals surface area (Å²) >= 11 is 6.21. The fourth-order valence-electron chi connectivity index (χ4n) is 3.11. The Balaban J connectivity index is 1.61. The lowest BCUT2D eigenvalue weighted by Gasteiger charge is -2.31. The maximum atomic E-state index is 12.2. The van der Waals surface area contributed by atoms with Gasteiger partial charge in [0.2, 0.25) is 5.91 Å². The van der Waals surface area contributed by atoms with Gasteiger partial charge in [-0.25, -0.2) is 0 Å². The average Bonchev–Trinajstić information content (AvgIpc) is 2.60. The molecule has 0 atom stereocenters. The van der Waals surface area contributed by atoms with Gasteiger partial charge in [0, 0.05) is 12.1 Å². The van der Waals surface area contributed by atoms with Gasteiger partial charge in [-0.15, -0.1) is 0 Å². The van der Waals surface area contributed by atoms with Gasteiger partial charge in [0.15, 0.2) is 11.5 Å². The van der Waals surface area contributed by atoms with Crippen LogP contribution in [0.1, 0.15) is 32.1 Å². The Kier molecular flexibility index (Phi) is 5.00. The van der Waals surface area contributed by atoms with Crippen LogP contribution in [0.25, 0.3) is 0 Å². The zero-order chi connectivity index (χ0) is 17.0. The molecule has 3 rings (SSSR count). The van der Waals surface area contributed by atoms with Crippen molar-refractivity contribution < 1.29 is 14.3 Å². The van der Waals surface area contributed by atoms with Crippen molar-refractivity contribution in [1.82, 2.24) is 5.32 Å². The fraction of sp³-hybridized carbons (Fsp3) is 0.529. The maximum Gasteiger partial charge on any atom is 0.240 e. The average molecular weight is 350 g/mol. The number of nitriles is 1. The smallest absolute Gasteiger partial charge is 0.240 e. The molecule has 1 amide bonds. The van der Waals surface area contributed by atoms with Gasteiger partial charge in [-0.2, -0.15) is 5.26 Å². The molecule has 0 saturated heterocycles. The molecule has 128 valence electrons. The first-order valence-electron chi connectivity index (χ1n) is 8.17. The molecule has 2 aliphatic rings. The highest BCUT2D eigenvalue weighted by molar-refractivity contribution is 6.33. The number of nitrogens with one attached hydrogen (secondary N) is 2. The molecule has 0 radical (unpaired) electrons. The molecule has 1 saturated carbocycles. The summed E-state index contributed by atoms with van der Waals surface area (Å²) in [5.41, 5.74) is -0.126. The number of benzene rings is 1. The van der Waals surface area contributed by atoms with Gasteiger partial charge >= 0.3 is 0 Å². The summed E-state index contributed by atoms with van der Waals surface area (Å²) in [7, 11) is 0. The number of amides is 1. The second-order valence-corrected chi connectivity index (χ2v) is 6.54. The predicted molar refractivity (Wildman–Crippen MR) is 90.5 cm³/mol. The summed E-state index contributed by atoms with van der Waals surface area (Å²) in [6.45, 7) is 1.02. The molecule has 0 unspecified atom stereocenters. The Bertz CT molecular complexity index is 666. The molecule has 0 spiro atoms. The van der Waals surface area contributed by atoms with Crippen molar-refractivity contribution in [3.05, 3.63) is 17.2 Å². The zero-order valence-corrected chi connectivity index (χ0v) is 14.1. The number of carbonyl (C=O) groups excluding carboxylic acids is 1. The second-order valence-electron chi connectivity index (χ2n) is 6.13. The summed E-state index contributed by atoms with van der Waals surface area (Å²) in [6, 6.07) is 5.68. The SMILES string of the molecule is N#CC1(NC(=O)CNc2cc3c(cc2Cl)OCCO3)CCCCC1. The van der Waals surface area contributed by atoms with Crippen LogP contribution in [0.4, 0.5) is 5.69 Å². The Hall–Kier alpha value is -2.13. The van der Waals surface area contributed by atoms with Crippen LogP contribution in [0.2, 0.25) is 5.02 Å². The van der Waals surface area contributed by atoms with E-state index in [0.717, 1.165) is 19.3 Å². The van der Waals surface area contributed by atoms with Crippen LogP contribution in [0.15, 0.2) is 12.1 Å². The third-order valence-corrected chi connectivity index (χ3v) is 4.68. The largest absolute Gasteiger partial charge is 0.486 e. The van der Waals surface area contributed by atoms with E-state index in [1.54, 1.807) is 12.1 Å². The van der Waals surface area contributed by atoms with Crippen molar-refractivity contribution in [2.75, 3.05) is 25.1 Å². The standard InChI is InChI=1S/C17H20ClN3O3/c18-12-8-14-15(24-7-6-23-14)9-13(12)20-10-16(22)21-17(11-19)4-2-1-3-5-17/h8-9,20H,1-7,10H2,(H,21,22). The first-order chi connectivity index (χ1) is 11.6. The van der Waals surface area contributed by atoms with E-state index in [0.29, 0.717) is 48.3 Å². The first-order valence-corrected chi connectivity index (χ1v) is 8.55. The lowest BCUT2D eigenvalue weighted by molar-refractivity contribution is -0.121. The zero-order valence-electron chi connectivity index (χ0n) is 13.4. The van der Waals surface area contributed by atoms with Crippen LogP contribution in [-0.4, -0.2) is 31.2 Å². The quantitative estimate of drug-likeness (QED) is 0.873. The van der Waals surface area contributed by atoms with Crippen LogP contribution in [-0.2, 0) is 4.79 Å². The van der Waals surface area contributed by atoms with E-state index < -0.39 is 5.54 Å². The number of fused-ring (bicyclic) bond motifs is 1. The highest BCUT2D eigenvalue weighted by atomic mass is 35.5. The summed E-state index contributed by atoms with van der Waals surface area (Å²) in [6.07, 6.45) is 4.47. The summed E-state index contributed by atoms with van der Waals surface area (Å²) in [5, 5.41) is 15.8. The van der Waals surface area contributed by atoms with E-state index >= 15 is 0 Å². The molecular weight excluding hydrogens is 330 g/mol. The van der Waals surface area contributed by atoms with E-state index in [1.807, 2.05) is 0 Å².